The van der Waals surface area contributed by atoms with E-state index in [4.69, 9.17) is 0 Å². The van der Waals surface area contributed by atoms with Crippen molar-refractivity contribution in [3.8, 4) is 0 Å². The van der Waals surface area contributed by atoms with Crippen LogP contribution in [0.15, 0.2) is 17.5 Å². The molecule has 4 nitrogen and oxygen atoms in total. The highest BCUT2D eigenvalue weighted by Crippen LogP contribution is 2.50. The molecule has 0 aromatic carbocycles. The minimum atomic E-state index is 0.182. The largest absolute Gasteiger partial charge is 0.339 e. The topological polar surface area (TPSA) is 40.6 Å². The van der Waals surface area contributed by atoms with E-state index in [-0.39, 0.29) is 17.7 Å². The average molecular weight is 292 g/mol. The lowest BCUT2D eigenvalue weighted by atomic mass is 10.2. The van der Waals surface area contributed by atoms with Gasteiger partial charge in [-0.2, -0.15) is 0 Å². The van der Waals surface area contributed by atoms with Gasteiger partial charge in [-0.05, 0) is 17.9 Å². The molecule has 1 aliphatic carbocycles. The van der Waals surface area contributed by atoms with Crippen LogP contribution in [0.3, 0.4) is 0 Å². The molecule has 2 atom stereocenters. The van der Waals surface area contributed by atoms with Crippen LogP contribution < -0.4 is 0 Å². The first-order valence-corrected chi connectivity index (χ1v) is 8.18. The van der Waals surface area contributed by atoms with E-state index in [1.54, 1.807) is 11.3 Å². The zero-order valence-corrected chi connectivity index (χ0v) is 12.6. The van der Waals surface area contributed by atoms with E-state index >= 15 is 0 Å². The predicted molar refractivity (Wildman–Crippen MR) is 78.6 cm³/mol. The summed E-state index contributed by atoms with van der Waals surface area (Å²) < 4.78 is 0. The normalized spacial score (nSPS) is 25.6. The molecular weight excluding hydrogens is 272 g/mol. The maximum Gasteiger partial charge on any atom is 0.226 e. The van der Waals surface area contributed by atoms with E-state index in [0.29, 0.717) is 38.5 Å². The zero-order valence-electron chi connectivity index (χ0n) is 11.7. The molecule has 2 unspecified atom stereocenters. The number of hydrogen-bond acceptors (Lipinski definition) is 3. The summed E-state index contributed by atoms with van der Waals surface area (Å²) in [4.78, 5) is 29.2. The van der Waals surface area contributed by atoms with Crippen molar-refractivity contribution in [1.82, 2.24) is 9.80 Å². The van der Waals surface area contributed by atoms with Crippen LogP contribution in [0.1, 0.15) is 30.6 Å². The van der Waals surface area contributed by atoms with Gasteiger partial charge in [-0.25, -0.2) is 0 Å². The lowest BCUT2D eigenvalue weighted by Gasteiger charge is -2.34. The SMILES string of the molecule is CCC(=O)N1CCN(C(=O)C2CC2c2cccs2)CC1. The molecule has 2 heterocycles. The monoisotopic (exact) mass is 292 g/mol. The second-order valence-corrected chi connectivity index (χ2v) is 6.50. The fraction of sp³-hybridized carbons (Fsp3) is 0.600. The van der Waals surface area contributed by atoms with Gasteiger partial charge in [0.05, 0.1) is 0 Å². The van der Waals surface area contributed by atoms with Gasteiger partial charge in [0.2, 0.25) is 11.8 Å². The van der Waals surface area contributed by atoms with E-state index in [1.165, 1.54) is 4.88 Å². The standard InChI is InChI=1S/C15H20N2O2S/c1-2-14(18)16-5-7-17(8-6-16)15(19)12-10-11(12)13-4-3-9-20-13/h3-4,9,11-12H,2,5-8,10H2,1H3. The molecule has 5 heteroatoms. The van der Waals surface area contributed by atoms with Crippen LogP contribution >= 0.6 is 11.3 Å². The van der Waals surface area contributed by atoms with E-state index in [1.807, 2.05) is 16.7 Å². The highest BCUT2D eigenvalue weighted by atomic mass is 32.1. The first-order chi connectivity index (χ1) is 9.70. The Morgan fingerprint density at radius 1 is 1.25 bits per heavy atom. The van der Waals surface area contributed by atoms with Gasteiger partial charge in [0, 0.05) is 49.3 Å². The van der Waals surface area contributed by atoms with Gasteiger partial charge in [0.25, 0.3) is 0 Å². The fourth-order valence-electron chi connectivity index (χ4n) is 2.92. The van der Waals surface area contributed by atoms with Crippen LogP contribution in [0.4, 0.5) is 0 Å². The fourth-order valence-corrected chi connectivity index (χ4v) is 3.83. The number of thiophene rings is 1. The van der Waals surface area contributed by atoms with Crippen LogP contribution in [-0.4, -0.2) is 47.8 Å². The number of amides is 2. The molecule has 2 aliphatic rings. The van der Waals surface area contributed by atoms with Gasteiger partial charge >= 0.3 is 0 Å². The zero-order chi connectivity index (χ0) is 14.1. The van der Waals surface area contributed by atoms with Gasteiger partial charge in [-0.3, -0.25) is 9.59 Å². The molecule has 0 spiro atoms. The van der Waals surface area contributed by atoms with Crippen molar-refractivity contribution in [1.29, 1.82) is 0 Å². The minimum absolute atomic E-state index is 0.182. The maximum atomic E-state index is 12.4. The van der Waals surface area contributed by atoms with Crippen molar-refractivity contribution < 1.29 is 9.59 Å². The minimum Gasteiger partial charge on any atom is -0.339 e. The Kier molecular flexibility index (Phi) is 3.78. The van der Waals surface area contributed by atoms with Crippen LogP contribution in [-0.2, 0) is 9.59 Å². The Bertz CT molecular complexity index is 492. The molecule has 0 bridgehead atoms. The number of hydrogen-bond donors (Lipinski definition) is 0. The number of carbonyl (C=O) groups is 2. The molecular formula is C15H20N2O2S. The van der Waals surface area contributed by atoms with Crippen molar-refractivity contribution in [2.75, 3.05) is 26.2 Å². The predicted octanol–water partition coefficient (Wildman–Crippen LogP) is 1.93. The molecule has 1 aromatic heterocycles. The summed E-state index contributed by atoms with van der Waals surface area (Å²) in [5, 5.41) is 2.07. The Hall–Kier alpha value is -1.36. The number of piperazine rings is 1. The maximum absolute atomic E-state index is 12.4. The third-order valence-corrected chi connectivity index (χ3v) is 5.27. The van der Waals surface area contributed by atoms with E-state index in [2.05, 4.69) is 17.5 Å². The first-order valence-electron chi connectivity index (χ1n) is 7.30. The molecule has 0 N–H and O–H groups in total. The van der Waals surface area contributed by atoms with E-state index in [9.17, 15) is 9.59 Å². The van der Waals surface area contributed by atoms with Crippen molar-refractivity contribution in [2.24, 2.45) is 5.92 Å². The molecule has 0 radical (unpaired) electrons. The molecule has 1 saturated carbocycles. The molecule has 1 aliphatic heterocycles. The quantitative estimate of drug-likeness (QED) is 0.854. The Balaban J connectivity index is 1.52. The lowest BCUT2D eigenvalue weighted by Crippen LogP contribution is -2.51. The van der Waals surface area contributed by atoms with Crippen molar-refractivity contribution in [2.45, 2.75) is 25.7 Å². The second kappa shape index (κ2) is 5.56. The van der Waals surface area contributed by atoms with E-state index < -0.39 is 0 Å². The molecule has 2 fully saturated rings. The number of nitrogens with zero attached hydrogens (tertiary/aromatic N) is 2. The summed E-state index contributed by atoms with van der Waals surface area (Å²) >= 11 is 1.74. The summed E-state index contributed by atoms with van der Waals surface area (Å²) in [6.07, 6.45) is 1.55. The van der Waals surface area contributed by atoms with E-state index in [0.717, 1.165) is 6.42 Å². The van der Waals surface area contributed by atoms with Crippen molar-refractivity contribution in [3.05, 3.63) is 22.4 Å². The van der Waals surface area contributed by atoms with Gasteiger partial charge in [0.1, 0.15) is 0 Å². The first kappa shape index (κ1) is 13.6. The average Bonchev–Trinajstić information content (AvgIpc) is 3.11. The van der Waals surface area contributed by atoms with Crippen LogP contribution in [0.2, 0.25) is 0 Å². The molecule has 20 heavy (non-hydrogen) atoms. The van der Waals surface area contributed by atoms with Gasteiger partial charge in [-0.1, -0.05) is 13.0 Å². The van der Waals surface area contributed by atoms with Crippen molar-refractivity contribution >= 4 is 23.2 Å². The third kappa shape index (κ3) is 2.59. The Morgan fingerprint density at radius 2 is 1.95 bits per heavy atom. The highest BCUT2D eigenvalue weighted by Gasteiger charge is 2.46. The number of carbonyl (C=O) groups excluding carboxylic acids is 2. The smallest absolute Gasteiger partial charge is 0.226 e. The van der Waals surface area contributed by atoms with Gasteiger partial charge in [0.15, 0.2) is 0 Å². The van der Waals surface area contributed by atoms with Gasteiger partial charge in [-0.15, -0.1) is 11.3 Å². The molecule has 2 amide bonds. The highest BCUT2D eigenvalue weighted by molar-refractivity contribution is 7.10. The van der Waals surface area contributed by atoms with Gasteiger partial charge < -0.3 is 9.80 Å². The van der Waals surface area contributed by atoms with Crippen LogP contribution in [0.25, 0.3) is 0 Å². The number of rotatable bonds is 3. The summed E-state index contributed by atoms with van der Waals surface area (Å²) in [7, 11) is 0. The van der Waals surface area contributed by atoms with Crippen molar-refractivity contribution in [3.63, 3.8) is 0 Å². The van der Waals surface area contributed by atoms with Crippen LogP contribution in [0, 0.1) is 5.92 Å². The molecule has 3 rings (SSSR count). The Morgan fingerprint density at radius 3 is 2.55 bits per heavy atom. The molecule has 1 aromatic rings. The summed E-state index contributed by atoms with van der Waals surface area (Å²) in [6, 6.07) is 4.18. The summed E-state index contributed by atoms with van der Waals surface area (Å²) in [5.41, 5.74) is 0. The Labute approximate surface area is 123 Å². The lowest BCUT2D eigenvalue weighted by molar-refractivity contribution is -0.140. The van der Waals surface area contributed by atoms with Crippen LogP contribution in [0.5, 0.6) is 0 Å². The molecule has 1 saturated heterocycles. The summed E-state index contributed by atoms with van der Waals surface area (Å²) in [5.74, 6) is 1.10. The second-order valence-electron chi connectivity index (χ2n) is 5.52. The molecule has 108 valence electrons. The summed E-state index contributed by atoms with van der Waals surface area (Å²) in [6.45, 7) is 4.65. The third-order valence-electron chi connectivity index (χ3n) is 4.26.